The summed E-state index contributed by atoms with van der Waals surface area (Å²) in [6.45, 7) is 8.06. The number of hydrogen-bond donors (Lipinski definition) is 0. The van der Waals surface area contributed by atoms with Gasteiger partial charge < -0.3 is 9.80 Å². The van der Waals surface area contributed by atoms with Crippen LogP contribution in [0.3, 0.4) is 0 Å². The van der Waals surface area contributed by atoms with Crippen LogP contribution in [0.2, 0.25) is 0 Å². The summed E-state index contributed by atoms with van der Waals surface area (Å²) in [6.07, 6.45) is 5.11. The Bertz CT molecular complexity index is 677. The zero-order valence-electron chi connectivity index (χ0n) is 12.2. The molecule has 0 radical (unpaired) electrons. The van der Waals surface area contributed by atoms with Gasteiger partial charge >= 0.3 is 0 Å². The number of rotatable bonds is 2. The van der Waals surface area contributed by atoms with Crippen molar-refractivity contribution < 1.29 is 4.79 Å². The number of piperazine rings is 1. The smallest absolute Gasteiger partial charge is 0.246 e. The molecule has 4 nitrogen and oxygen atoms in total. The molecule has 3 rings (SSSR count). The van der Waals surface area contributed by atoms with Crippen molar-refractivity contribution in [3.05, 3.63) is 49.3 Å². The molecule has 0 saturated carbocycles. The second kappa shape index (κ2) is 5.56. The Kier molecular flexibility index (Phi) is 3.60. The molecule has 1 aliphatic heterocycles. The van der Waals surface area contributed by atoms with E-state index < -0.39 is 0 Å². The molecule has 21 heavy (non-hydrogen) atoms. The summed E-state index contributed by atoms with van der Waals surface area (Å²) in [4.78, 5) is 20.2. The number of benzene rings is 1. The van der Waals surface area contributed by atoms with E-state index >= 15 is 0 Å². The number of carbonyl (C=O) groups is 1. The number of fused-ring (bicyclic) bond motifs is 1. The van der Waals surface area contributed by atoms with E-state index in [1.807, 2.05) is 17.3 Å². The Balaban J connectivity index is 1.88. The Morgan fingerprint density at radius 3 is 3.00 bits per heavy atom. The van der Waals surface area contributed by atoms with E-state index in [1.165, 1.54) is 17.1 Å². The van der Waals surface area contributed by atoms with Gasteiger partial charge in [-0.15, -0.1) is 0 Å². The van der Waals surface area contributed by atoms with Gasteiger partial charge in [-0.3, -0.25) is 9.78 Å². The van der Waals surface area contributed by atoms with Crippen molar-refractivity contribution >= 4 is 22.4 Å². The zero-order valence-corrected chi connectivity index (χ0v) is 12.2. The van der Waals surface area contributed by atoms with E-state index in [0.29, 0.717) is 0 Å². The molecule has 1 amide bonds. The summed E-state index contributed by atoms with van der Waals surface area (Å²) < 4.78 is 0. The van der Waals surface area contributed by atoms with Crippen molar-refractivity contribution in [1.29, 1.82) is 0 Å². The molecule has 2 aromatic rings. The van der Waals surface area contributed by atoms with Gasteiger partial charge in [-0.05, 0) is 25.1 Å². The predicted molar refractivity (Wildman–Crippen MR) is 85.3 cm³/mol. The van der Waals surface area contributed by atoms with Crippen LogP contribution < -0.4 is 4.90 Å². The minimum absolute atomic E-state index is 0.0178. The molecule has 0 spiro atoms. The van der Waals surface area contributed by atoms with Gasteiger partial charge in [-0.1, -0.05) is 18.7 Å². The topological polar surface area (TPSA) is 36.4 Å². The van der Waals surface area contributed by atoms with Crippen LogP contribution in [0.4, 0.5) is 5.69 Å². The molecular formula is C17H19N3O. The minimum atomic E-state index is 0.0178. The van der Waals surface area contributed by atoms with Crippen LogP contribution in [0, 0.1) is 0 Å². The van der Waals surface area contributed by atoms with Crippen LogP contribution >= 0.6 is 0 Å². The number of amides is 1. The average Bonchev–Trinajstić information content (AvgIpc) is 2.53. The van der Waals surface area contributed by atoms with Crippen molar-refractivity contribution in [2.75, 3.05) is 24.5 Å². The standard InChI is InChI=1S/C17H19N3O/c1-3-17(21)20-10-9-19(12-13(20)2)16-6-4-5-14-11-18-8-7-15(14)16/h3-8,11,13H,1,9-10,12H2,2H3. The Morgan fingerprint density at radius 2 is 2.24 bits per heavy atom. The molecule has 1 saturated heterocycles. The first kappa shape index (κ1) is 13.6. The first-order chi connectivity index (χ1) is 10.2. The second-order valence-electron chi connectivity index (χ2n) is 5.40. The molecular weight excluding hydrogens is 262 g/mol. The number of carbonyl (C=O) groups excluding carboxylic acids is 1. The van der Waals surface area contributed by atoms with Crippen molar-refractivity contribution in [2.45, 2.75) is 13.0 Å². The van der Waals surface area contributed by atoms with Gasteiger partial charge in [0, 0.05) is 54.5 Å². The highest BCUT2D eigenvalue weighted by molar-refractivity contribution is 5.94. The Hall–Kier alpha value is -2.36. The summed E-state index contributed by atoms with van der Waals surface area (Å²) in [5.41, 5.74) is 1.22. The maximum atomic E-state index is 11.8. The van der Waals surface area contributed by atoms with Gasteiger partial charge in [0.2, 0.25) is 5.91 Å². The van der Waals surface area contributed by atoms with Crippen LogP contribution in [-0.2, 0) is 4.79 Å². The molecule has 1 fully saturated rings. The van der Waals surface area contributed by atoms with Crippen LogP contribution in [-0.4, -0.2) is 41.5 Å². The van der Waals surface area contributed by atoms with Crippen LogP contribution in [0.25, 0.3) is 10.8 Å². The third-order valence-electron chi connectivity index (χ3n) is 4.08. The fourth-order valence-electron chi connectivity index (χ4n) is 3.00. The van der Waals surface area contributed by atoms with E-state index in [0.717, 1.165) is 25.0 Å². The highest BCUT2D eigenvalue weighted by Crippen LogP contribution is 2.28. The lowest BCUT2D eigenvalue weighted by Crippen LogP contribution is -2.53. The van der Waals surface area contributed by atoms with Gasteiger partial charge in [-0.2, -0.15) is 0 Å². The molecule has 108 valence electrons. The summed E-state index contributed by atoms with van der Waals surface area (Å²) in [5.74, 6) is 0.0178. The molecule has 1 aromatic heterocycles. The molecule has 1 unspecified atom stereocenters. The van der Waals surface area contributed by atoms with Gasteiger partial charge in [0.15, 0.2) is 0 Å². The van der Waals surface area contributed by atoms with Crippen LogP contribution in [0.1, 0.15) is 6.92 Å². The van der Waals surface area contributed by atoms with Gasteiger partial charge in [0.25, 0.3) is 0 Å². The lowest BCUT2D eigenvalue weighted by molar-refractivity contribution is -0.128. The molecule has 0 bridgehead atoms. The van der Waals surface area contributed by atoms with E-state index in [4.69, 9.17) is 0 Å². The van der Waals surface area contributed by atoms with Gasteiger partial charge in [-0.25, -0.2) is 0 Å². The molecule has 2 heterocycles. The average molecular weight is 281 g/mol. The largest absolute Gasteiger partial charge is 0.367 e. The lowest BCUT2D eigenvalue weighted by atomic mass is 10.1. The number of aromatic nitrogens is 1. The number of pyridine rings is 1. The maximum absolute atomic E-state index is 11.8. The van der Waals surface area contributed by atoms with Crippen molar-refractivity contribution in [1.82, 2.24) is 9.88 Å². The molecule has 0 aliphatic carbocycles. The predicted octanol–water partition coefficient (Wildman–Crippen LogP) is 2.46. The summed E-state index contributed by atoms with van der Waals surface area (Å²) >= 11 is 0. The van der Waals surface area contributed by atoms with E-state index in [2.05, 4.69) is 47.7 Å². The lowest BCUT2D eigenvalue weighted by Gasteiger charge is -2.41. The van der Waals surface area contributed by atoms with E-state index in [-0.39, 0.29) is 11.9 Å². The maximum Gasteiger partial charge on any atom is 0.246 e. The summed E-state index contributed by atoms with van der Waals surface area (Å²) in [7, 11) is 0. The first-order valence-electron chi connectivity index (χ1n) is 7.21. The van der Waals surface area contributed by atoms with Crippen LogP contribution in [0.5, 0.6) is 0 Å². The van der Waals surface area contributed by atoms with E-state index in [1.54, 1.807) is 0 Å². The first-order valence-corrected chi connectivity index (χ1v) is 7.21. The fraction of sp³-hybridized carbons (Fsp3) is 0.294. The highest BCUT2D eigenvalue weighted by atomic mass is 16.2. The van der Waals surface area contributed by atoms with Gasteiger partial charge in [0.05, 0.1) is 0 Å². The second-order valence-corrected chi connectivity index (χ2v) is 5.40. The normalized spacial score (nSPS) is 18.8. The molecule has 0 N–H and O–H groups in total. The van der Waals surface area contributed by atoms with Crippen molar-refractivity contribution in [3.63, 3.8) is 0 Å². The SMILES string of the molecule is C=CC(=O)N1CCN(c2cccc3cnccc23)CC1C. The van der Waals surface area contributed by atoms with Crippen LogP contribution in [0.15, 0.2) is 49.3 Å². The van der Waals surface area contributed by atoms with Crippen molar-refractivity contribution in [3.8, 4) is 0 Å². The monoisotopic (exact) mass is 281 g/mol. The third kappa shape index (κ3) is 2.49. The fourth-order valence-corrected chi connectivity index (χ4v) is 3.00. The van der Waals surface area contributed by atoms with Crippen molar-refractivity contribution in [2.24, 2.45) is 0 Å². The quantitative estimate of drug-likeness (QED) is 0.793. The highest BCUT2D eigenvalue weighted by Gasteiger charge is 2.26. The zero-order chi connectivity index (χ0) is 14.8. The molecule has 1 aromatic carbocycles. The third-order valence-corrected chi connectivity index (χ3v) is 4.08. The number of hydrogen-bond acceptors (Lipinski definition) is 3. The minimum Gasteiger partial charge on any atom is -0.367 e. The van der Waals surface area contributed by atoms with E-state index in [9.17, 15) is 4.79 Å². The molecule has 1 atom stereocenters. The Labute approximate surface area is 124 Å². The number of anilines is 1. The summed E-state index contributed by atoms with van der Waals surface area (Å²) in [6, 6.07) is 8.51. The molecule has 1 aliphatic rings. The molecule has 4 heteroatoms. The Morgan fingerprint density at radius 1 is 1.38 bits per heavy atom. The van der Waals surface area contributed by atoms with Gasteiger partial charge in [0.1, 0.15) is 0 Å². The number of nitrogens with zero attached hydrogens (tertiary/aromatic N) is 3. The summed E-state index contributed by atoms with van der Waals surface area (Å²) in [5, 5.41) is 2.36.